The zero-order valence-corrected chi connectivity index (χ0v) is 12.1. The van der Waals surface area contributed by atoms with Crippen LogP contribution in [0.1, 0.15) is 39.5 Å². The van der Waals surface area contributed by atoms with E-state index in [1.54, 1.807) is 0 Å². The van der Waals surface area contributed by atoms with Crippen molar-refractivity contribution < 1.29 is 4.74 Å². The number of nitrogen functional groups attached to an aromatic ring is 1. The van der Waals surface area contributed by atoms with Gasteiger partial charge in [0.15, 0.2) is 0 Å². The predicted molar refractivity (Wildman–Crippen MR) is 75.2 cm³/mol. The van der Waals surface area contributed by atoms with Crippen molar-refractivity contribution in [3.8, 4) is 5.75 Å². The fourth-order valence-electron chi connectivity index (χ4n) is 2.30. The fraction of sp³-hybridized carbons (Fsp3) is 0.571. The van der Waals surface area contributed by atoms with E-state index in [1.807, 2.05) is 18.2 Å². The summed E-state index contributed by atoms with van der Waals surface area (Å²) in [6.45, 7) is 4.66. The van der Waals surface area contributed by atoms with Gasteiger partial charge in [0.1, 0.15) is 5.75 Å². The molecule has 0 saturated heterocycles. The second kappa shape index (κ2) is 4.89. The van der Waals surface area contributed by atoms with E-state index in [1.165, 1.54) is 12.8 Å². The van der Waals surface area contributed by atoms with Gasteiger partial charge in [0.25, 0.3) is 0 Å². The van der Waals surface area contributed by atoms with E-state index in [0.717, 1.165) is 23.1 Å². The molecule has 0 radical (unpaired) electrons. The van der Waals surface area contributed by atoms with Gasteiger partial charge in [0.05, 0.1) is 11.8 Å². The molecule has 0 amide bonds. The summed E-state index contributed by atoms with van der Waals surface area (Å²) in [5.41, 5.74) is 7.13. The fourth-order valence-corrected chi connectivity index (χ4v) is 2.68. The quantitative estimate of drug-likeness (QED) is 0.822. The summed E-state index contributed by atoms with van der Waals surface area (Å²) in [5.74, 6) is 0.818. The molecule has 0 bridgehead atoms. The summed E-state index contributed by atoms with van der Waals surface area (Å²) in [5, 5.41) is 0. The van der Waals surface area contributed by atoms with Gasteiger partial charge < -0.3 is 10.5 Å². The molecule has 94 valence electrons. The van der Waals surface area contributed by atoms with Crippen molar-refractivity contribution in [3.05, 3.63) is 22.7 Å². The van der Waals surface area contributed by atoms with E-state index in [-0.39, 0.29) is 0 Å². The van der Waals surface area contributed by atoms with Gasteiger partial charge in [-0.3, -0.25) is 0 Å². The molecule has 1 fully saturated rings. The molecule has 1 aromatic rings. The minimum Gasteiger partial charge on any atom is -0.488 e. The van der Waals surface area contributed by atoms with Crippen LogP contribution >= 0.6 is 15.9 Å². The van der Waals surface area contributed by atoms with Crippen molar-refractivity contribution >= 4 is 21.6 Å². The number of hydrogen-bond acceptors (Lipinski definition) is 2. The van der Waals surface area contributed by atoms with Crippen molar-refractivity contribution in [2.75, 3.05) is 5.73 Å². The lowest BCUT2D eigenvalue weighted by atomic mass is 9.76. The Kier molecular flexibility index (Phi) is 3.67. The lowest BCUT2D eigenvalue weighted by Crippen LogP contribution is -2.28. The van der Waals surface area contributed by atoms with Gasteiger partial charge in [0, 0.05) is 4.47 Å². The summed E-state index contributed by atoms with van der Waals surface area (Å²) in [6, 6.07) is 5.81. The van der Waals surface area contributed by atoms with Crippen molar-refractivity contribution in [3.63, 3.8) is 0 Å². The van der Waals surface area contributed by atoms with Crippen LogP contribution in [0.25, 0.3) is 0 Å². The lowest BCUT2D eigenvalue weighted by molar-refractivity contribution is 0.0994. The molecule has 1 aliphatic rings. The first-order chi connectivity index (χ1) is 7.96. The molecule has 3 heteroatoms. The molecule has 2 nitrogen and oxygen atoms in total. The highest BCUT2D eigenvalue weighted by Gasteiger charge is 2.27. The maximum absolute atomic E-state index is 5.99. The van der Waals surface area contributed by atoms with E-state index in [2.05, 4.69) is 29.8 Å². The van der Waals surface area contributed by atoms with Crippen LogP contribution in [-0.2, 0) is 0 Å². The average Bonchev–Trinajstić information content (AvgIpc) is 2.25. The third kappa shape index (κ3) is 3.38. The smallest absolute Gasteiger partial charge is 0.142 e. The van der Waals surface area contributed by atoms with Gasteiger partial charge in [-0.25, -0.2) is 0 Å². The van der Waals surface area contributed by atoms with Gasteiger partial charge in [-0.15, -0.1) is 0 Å². The SMILES string of the molecule is CC1(C)CCC(Oc2ccc(Br)cc2N)CC1. The van der Waals surface area contributed by atoms with Crippen LogP contribution in [0.5, 0.6) is 5.75 Å². The second-order valence-corrected chi connectivity index (χ2v) is 6.58. The topological polar surface area (TPSA) is 35.2 Å². The molecule has 0 aliphatic heterocycles. The van der Waals surface area contributed by atoms with Crippen molar-refractivity contribution in [1.82, 2.24) is 0 Å². The minimum atomic E-state index is 0.325. The Bertz CT molecular complexity index is 393. The Hall–Kier alpha value is -0.700. The molecule has 0 unspecified atom stereocenters. The Morgan fingerprint density at radius 1 is 1.29 bits per heavy atom. The molecule has 17 heavy (non-hydrogen) atoms. The molecule has 2 rings (SSSR count). The largest absolute Gasteiger partial charge is 0.488 e. The highest BCUT2D eigenvalue weighted by Crippen LogP contribution is 2.37. The zero-order valence-electron chi connectivity index (χ0n) is 10.5. The van der Waals surface area contributed by atoms with Crippen LogP contribution in [0, 0.1) is 5.41 Å². The molecule has 0 spiro atoms. The molecule has 2 N–H and O–H groups in total. The Morgan fingerprint density at radius 2 is 1.94 bits per heavy atom. The van der Waals surface area contributed by atoms with E-state index >= 15 is 0 Å². The van der Waals surface area contributed by atoms with Crippen LogP contribution < -0.4 is 10.5 Å². The van der Waals surface area contributed by atoms with Crippen molar-refractivity contribution in [2.45, 2.75) is 45.6 Å². The average molecular weight is 298 g/mol. The van der Waals surface area contributed by atoms with Crippen LogP contribution in [-0.4, -0.2) is 6.10 Å². The van der Waals surface area contributed by atoms with E-state index < -0.39 is 0 Å². The highest BCUT2D eigenvalue weighted by molar-refractivity contribution is 9.10. The number of halogens is 1. The van der Waals surface area contributed by atoms with Gasteiger partial charge in [0.2, 0.25) is 0 Å². The normalized spacial score (nSPS) is 20.2. The minimum absolute atomic E-state index is 0.325. The van der Waals surface area contributed by atoms with Crippen LogP contribution in [0.15, 0.2) is 22.7 Å². The summed E-state index contributed by atoms with van der Waals surface area (Å²) in [6.07, 6.45) is 5.04. The lowest BCUT2D eigenvalue weighted by Gasteiger charge is -2.34. The number of anilines is 1. The maximum atomic E-state index is 5.99. The number of rotatable bonds is 2. The first-order valence-electron chi connectivity index (χ1n) is 6.18. The monoisotopic (exact) mass is 297 g/mol. The van der Waals surface area contributed by atoms with Crippen LogP contribution in [0.3, 0.4) is 0 Å². The summed E-state index contributed by atoms with van der Waals surface area (Å²) in [7, 11) is 0. The first-order valence-corrected chi connectivity index (χ1v) is 6.97. The molecule has 1 aliphatic carbocycles. The van der Waals surface area contributed by atoms with E-state index in [9.17, 15) is 0 Å². The van der Waals surface area contributed by atoms with Crippen molar-refractivity contribution in [2.24, 2.45) is 5.41 Å². The molecule has 1 saturated carbocycles. The molecule has 0 aromatic heterocycles. The Balaban J connectivity index is 1.98. The summed E-state index contributed by atoms with van der Waals surface area (Å²) < 4.78 is 6.98. The molecular formula is C14H20BrNO. The molecule has 0 heterocycles. The Morgan fingerprint density at radius 3 is 2.53 bits per heavy atom. The van der Waals surface area contributed by atoms with Gasteiger partial charge in [-0.05, 0) is 49.3 Å². The standard InChI is InChI=1S/C14H20BrNO/c1-14(2)7-5-11(6-8-14)17-13-4-3-10(15)9-12(13)16/h3-4,9,11H,5-8,16H2,1-2H3. The van der Waals surface area contributed by atoms with E-state index in [4.69, 9.17) is 10.5 Å². The zero-order chi connectivity index (χ0) is 12.5. The number of hydrogen-bond donors (Lipinski definition) is 1. The molecule has 1 aromatic carbocycles. The first kappa shape index (κ1) is 12.7. The maximum Gasteiger partial charge on any atom is 0.142 e. The predicted octanol–water partition coefficient (Wildman–Crippen LogP) is 4.38. The van der Waals surface area contributed by atoms with Gasteiger partial charge >= 0.3 is 0 Å². The highest BCUT2D eigenvalue weighted by atomic mass is 79.9. The number of nitrogens with two attached hydrogens (primary N) is 1. The summed E-state index contributed by atoms with van der Waals surface area (Å²) in [4.78, 5) is 0. The number of ether oxygens (including phenoxy) is 1. The molecule has 0 atom stereocenters. The van der Waals surface area contributed by atoms with Gasteiger partial charge in [-0.1, -0.05) is 29.8 Å². The summed E-state index contributed by atoms with van der Waals surface area (Å²) >= 11 is 3.40. The number of benzene rings is 1. The molecular weight excluding hydrogens is 278 g/mol. The van der Waals surface area contributed by atoms with Crippen LogP contribution in [0.2, 0.25) is 0 Å². The third-order valence-electron chi connectivity index (χ3n) is 3.55. The second-order valence-electron chi connectivity index (χ2n) is 5.66. The van der Waals surface area contributed by atoms with Gasteiger partial charge in [-0.2, -0.15) is 0 Å². The third-order valence-corrected chi connectivity index (χ3v) is 4.04. The van der Waals surface area contributed by atoms with E-state index in [0.29, 0.717) is 17.2 Å². The van der Waals surface area contributed by atoms with Crippen molar-refractivity contribution in [1.29, 1.82) is 0 Å². The van der Waals surface area contributed by atoms with Crippen LogP contribution in [0.4, 0.5) is 5.69 Å². The Labute approximate surface area is 112 Å².